The maximum Gasteiger partial charge on any atom is 0.416 e. The fraction of sp³-hybridized carbons (Fsp3) is 0.462. The Labute approximate surface area is 225 Å². The Hall–Kier alpha value is -3.07. The van der Waals surface area contributed by atoms with Crippen molar-refractivity contribution in [3.8, 4) is 0 Å². The van der Waals surface area contributed by atoms with Crippen LogP contribution >= 0.6 is 0 Å². The van der Waals surface area contributed by atoms with Crippen LogP contribution in [0.25, 0.3) is 0 Å². The van der Waals surface area contributed by atoms with Crippen molar-refractivity contribution in [2.75, 3.05) is 26.7 Å². The summed E-state index contributed by atoms with van der Waals surface area (Å²) < 4.78 is 108. The Balaban J connectivity index is 1.63. The molecule has 1 fully saturated rings. The molecule has 0 bridgehead atoms. The molecule has 2 heterocycles. The molecule has 0 amide bonds. The molecule has 14 heteroatoms. The highest BCUT2D eigenvalue weighted by Gasteiger charge is 2.39. The van der Waals surface area contributed by atoms with Gasteiger partial charge in [0, 0.05) is 13.1 Å². The molecule has 1 saturated heterocycles. The van der Waals surface area contributed by atoms with Gasteiger partial charge >= 0.3 is 12.4 Å². The van der Waals surface area contributed by atoms with Gasteiger partial charge in [-0.05, 0) is 55.4 Å². The molecular weight excluding hydrogens is 547 g/mol. The lowest BCUT2D eigenvalue weighted by Crippen LogP contribution is -2.46. The van der Waals surface area contributed by atoms with Crippen molar-refractivity contribution in [3.05, 3.63) is 82.7 Å². The van der Waals surface area contributed by atoms with E-state index in [2.05, 4.69) is 15.4 Å². The van der Waals surface area contributed by atoms with Gasteiger partial charge in [-0.2, -0.15) is 31.4 Å². The van der Waals surface area contributed by atoms with E-state index in [0.29, 0.717) is 43.2 Å². The van der Waals surface area contributed by atoms with E-state index in [4.69, 9.17) is 9.47 Å². The summed E-state index contributed by atoms with van der Waals surface area (Å²) in [5, 5.41) is 7.47. The number of alkyl halides is 6. The molecule has 1 N–H and O–H groups in total. The lowest BCUT2D eigenvalue weighted by atomic mass is 10.0. The summed E-state index contributed by atoms with van der Waals surface area (Å²) in [6, 6.07) is 6.19. The van der Waals surface area contributed by atoms with E-state index < -0.39 is 47.7 Å². The van der Waals surface area contributed by atoms with Crippen LogP contribution in [0.5, 0.6) is 0 Å². The highest BCUT2D eigenvalue weighted by atomic mass is 19.4. The van der Waals surface area contributed by atoms with E-state index in [0.717, 1.165) is 0 Å². The van der Waals surface area contributed by atoms with Crippen LogP contribution in [0.4, 0.5) is 30.7 Å². The predicted octanol–water partition coefficient (Wildman–Crippen LogP) is 5.35. The normalized spacial score (nSPS) is 19.6. The van der Waals surface area contributed by atoms with Crippen molar-refractivity contribution in [1.29, 1.82) is 0 Å². The molecule has 7 nitrogen and oxygen atoms in total. The molecule has 0 saturated carbocycles. The number of halogens is 7. The Morgan fingerprint density at radius 2 is 1.70 bits per heavy atom. The number of ether oxygens (including phenoxy) is 2. The number of rotatable bonds is 9. The first-order chi connectivity index (χ1) is 18.8. The molecule has 1 aromatic heterocycles. The van der Waals surface area contributed by atoms with Crippen LogP contribution in [-0.2, 0) is 34.9 Å². The minimum atomic E-state index is -4.99. The Morgan fingerprint density at radius 1 is 1.05 bits per heavy atom. The summed E-state index contributed by atoms with van der Waals surface area (Å²) in [4.78, 5) is 6.25. The topological polar surface area (TPSA) is 64.4 Å². The molecule has 3 atom stereocenters. The second-order valence-electron chi connectivity index (χ2n) is 9.35. The van der Waals surface area contributed by atoms with Gasteiger partial charge in [-0.3, -0.25) is 9.58 Å². The van der Waals surface area contributed by atoms with Gasteiger partial charge in [0.05, 0.1) is 43.0 Å². The van der Waals surface area contributed by atoms with Crippen LogP contribution < -0.4 is 5.32 Å². The first kappa shape index (κ1) is 29.9. The molecule has 218 valence electrons. The molecule has 0 spiro atoms. The van der Waals surface area contributed by atoms with Crippen LogP contribution in [-0.4, -0.2) is 52.7 Å². The number of hydrogen-bond acceptors (Lipinski definition) is 6. The molecule has 2 aromatic carbocycles. The molecule has 0 aliphatic carbocycles. The van der Waals surface area contributed by atoms with E-state index in [1.54, 1.807) is 11.0 Å². The Morgan fingerprint density at radius 3 is 2.30 bits per heavy atom. The summed E-state index contributed by atoms with van der Waals surface area (Å²) >= 11 is 0. The van der Waals surface area contributed by atoms with Crippen molar-refractivity contribution in [2.24, 2.45) is 0 Å². The minimum absolute atomic E-state index is 0.0685. The van der Waals surface area contributed by atoms with E-state index in [-0.39, 0.29) is 24.8 Å². The van der Waals surface area contributed by atoms with Crippen LogP contribution in [0, 0.1) is 5.82 Å². The van der Waals surface area contributed by atoms with Crippen molar-refractivity contribution >= 4 is 0 Å². The molecule has 2 unspecified atom stereocenters. The maximum absolute atomic E-state index is 13.7. The summed E-state index contributed by atoms with van der Waals surface area (Å²) in [5.41, 5.74) is -2.61. The van der Waals surface area contributed by atoms with Gasteiger partial charge in [0.1, 0.15) is 12.1 Å². The fourth-order valence-corrected chi connectivity index (χ4v) is 4.42. The highest BCUT2D eigenvalue weighted by molar-refractivity contribution is 5.34. The van der Waals surface area contributed by atoms with E-state index in [1.807, 2.05) is 11.9 Å². The molecule has 3 aromatic rings. The summed E-state index contributed by atoms with van der Waals surface area (Å²) in [6.07, 6.45) is -10.7. The first-order valence-corrected chi connectivity index (χ1v) is 12.4. The lowest BCUT2D eigenvalue weighted by molar-refractivity contribution is -0.231. The van der Waals surface area contributed by atoms with Gasteiger partial charge in [0.25, 0.3) is 0 Å². The highest BCUT2D eigenvalue weighted by Crippen LogP contribution is 2.39. The van der Waals surface area contributed by atoms with Crippen LogP contribution in [0.2, 0.25) is 0 Å². The van der Waals surface area contributed by atoms with Gasteiger partial charge < -0.3 is 14.8 Å². The zero-order valence-electron chi connectivity index (χ0n) is 21.6. The third kappa shape index (κ3) is 7.36. The summed E-state index contributed by atoms with van der Waals surface area (Å²) in [7, 11) is 1.81. The van der Waals surface area contributed by atoms with Gasteiger partial charge in [0.15, 0.2) is 12.1 Å². The molecule has 0 radical (unpaired) electrons. The monoisotopic (exact) mass is 575 g/mol. The van der Waals surface area contributed by atoms with E-state index >= 15 is 0 Å². The number of nitrogens with zero attached hydrogens (tertiary/aromatic N) is 4. The fourth-order valence-electron chi connectivity index (χ4n) is 4.42. The van der Waals surface area contributed by atoms with Crippen molar-refractivity contribution in [3.63, 3.8) is 0 Å². The van der Waals surface area contributed by atoms with Gasteiger partial charge in [-0.1, -0.05) is 12.1 Å². The Bertz CT molecular complexity index is 1230. The molecule has 4 rings (SSSR count). The molecule has 1 aliphatic rings. The molecular formula is C26H28F7N5O2. The van der Waals surface area contributed by atoms with Crippen molar-refractivity contribution in [1.82, 2.24) is 25.0 Å². The number of hydrogen-bond donors (Lipinski definition) is 1. The van der Waals surface area contributed by atoms with E-state index in [9.17, 15) is 30.7 Å². The SMILES string of the molecule is CNCCn1cnc(CN2CCOC(O[C@H](C)c3cc(C(F)(F)F)cc(C(F)(F)F)c3)C2c2ccc(F)cc2)n1. The van der Waals surface area contributed by atoms with Gasteiger partial charge in [0.2, 0.25) is 0 Å². The molecule has 1 aliphatic heterocycles. The first-order valence-electron chi connectivity index (χ1n) is 12.4. The molecule has 40 heavy (non-hydrogen) atoms. The van der Waals surface area contributed by atoms with Crippen LogP contribution in [0.3, 0.4) is 0 Å². The van der Waals surface area contributed by atoms with Gasteiger partial charge in [-0.15, -0.1) is 0 Å². The van der Waals surface area contributed by atoms with E-state index in [1.165, 1.54) is 31.2 Å². The quantitative estimate of drug-likeness (QED) is 0.347. The Kier molecular flexibility index (Phi) is 9.12. The standard InChI is InChI=1S/C26H28F7N5O2/c1-16(18-11-19(25(28,29)30)13-20(12-18)26(31,32)33)40-24-23(17-3-5-21(27)6-4-17)37(9-10-39-24)14-22-35-15-38(36-22)8-7-34-2/h3-6,11-13,15-16,23-24,34H,7-10,14H2,1-2H3/t16-,23?,24?/m1/s1. The van der Waals surface area contributed by atoms with Crippen LogP contribution in [0.15, 0.2) is 48.8 Å². The third-order valence-corrected chi connectivity index (χ3v) is 6.46. The summed E-state index contributed by atoms with van der Waals surface area (Å²) in [5.74, 6) is 0.0102. The van der Waals surface area contributed by atoms with Gasteiger partial charge in [-0.25, -0.2) is 9.37 Å². The second kappa shape index (κ2) is 12.2. The smallest absolute Gasteiger partial charge is 0.349 e. The predicted molar refractivity (Wildman–Crippen MR) is 129 cm³/mol. The minimum Gasteiger partial charge on any atom is -0.349 e. The van der Waals surface area contributed by atoms with Crippen LogP contribution in [0.1, 0.15) is 47.1 Å². The zero-order valence-corrected chi connectivity index (χ0v) is 21.6. The zero-order chi connectivity index (χ0) is 29.1. The van der Waals surface area contributed by atoms with Crippen molar-refractivity contribution < 1.29 is 40.2 Å². The second-order valence-corrected chi connectivity index (χ2v) is 9.35. The number of nitrogens with one attached hydrogen (secondary N) is 1. The summed E-state index contributed by atoms with van der Waals surface area (Å²) in [6.45, 7) is 3.42. The third-order valence-electron chi connectivity index (χ3n) is 6.46. The maximum atomic E-state index is 13.7. The number of aromatic nitrogens is 3. The lowest BCUT2D eigenvalue weighted by Gasteiger charge is -2.41. The van der Waals surface area contributed by atoms with Crippen molar-refractivity contribution in [2.45, 2.75) is 50.8 Å². The number of benzene rings is 2. The largest absolute Gasteiger partial charge is 0.416 e. The average Bonchev–Trinajstić information content (AvgIpc) is 3.34. The number of likely N-dealkylation sites (N-methyl/N-ethyl adjacent to an activating group) is 1. The average molecular weight is 576 g/mol. The number of morpholine rings is 1.